The standard InChI is InChI=1S/C8H13N4S2/c1-2-3-13-4-6-5-14-8(11-6)12-7(9)10/h5H,1-4H2,(H4,9,10,11,12). The molecule has 0 atom stereocenters. The molecule has 4 nitrogen and oxygen atoms in total. The van der Waals surface area contributed by atoms with Gasteiger partial charge in [-0.15, -0.1) is 11.3 Å². The number of anilines is 1. The van der Waals surface area contributed by atoms with Crippen LogP contribution in [-0.2, 0) is 5.75 Å². The number of nitrogens with zero attached hydrogens (tertiary/aromatic N) is 1. The third-order valence-corrected chi connectivity index (χ3v) is 3.22. The molecule has 0 bridgehead atoms. The summed E-state index contributed by atoms with van der Waals surface area (Å²) in [6.45, 7) is 3.77. The molecule has 14 heavy (non-hydrogen) atoms. The van der Waals surface area contributed by atoms with Crippen LogP contribution in [-0.4, -0.2) is 16.7 Å². The number of thiazole rings is 1. The fraction of sp³-hybridized carbons (Fsp3) is 0.375. The van der Waals surface area contributed by atoms with E-state index >= 15 is 0 Å². The van der Waals surface area contributed by atoms with Crippen LogP contribution in [0.5, 0.6) is 0 Å². The van der Waals surface area contributed by atoms with E-state index in [9.17, 15) is 0 Å². The molecule has 4 N–H and O–H groups in total. The van der Waals surface area contributed by atoms with Crippen molar-refractivity contribution in [3.63, 3.8) is 0 Å². The number of hydrogen-bond acceptors (Lipinski definition) is 4. The molecule has 1 rings (SSSR count). The summed E-state index contributed by atoms with van der Waals surface area (Å²) in [7, 11) is 0. The van der Waals surface area contributed by atoms with Crippen molar-refractivity contribution < 1.29 is 0 Å². The first kappa shape index (κ1) is 11.3. The molecular weight excluding hydrogens is 216 g/mol. The number of hydrogen-bond donors (Lipinski definition) is 3. The minimum atomic E-state index is -0.0729. The van der Waals surface area contributed by atoms with Crippen molar-refractivity contribution in [2.24, 2.45) is 5.73 Å². The van der Waals surface area contributed by atoms with Gasteiger partial charge in [0.25, 0.3) is 0 Å². The SMILES string of the molecule is [CH2]CCSCc1csc(NC(=N)N)n1. The first-order valence-corrected chi connectivity index (χ1v) is 6.18. The largest absolute Gasteiger partial charge is 0.370 e. The summed E-state index contributed by atoms with van der Waals surface area (Å²) in [4.78, 5) is 4.27. The Labute approximate surface area is 91.8 Å². The maximum Gasteiger partial charge on any atom is 0.192 e. The normalized spacial score (nSPS) is 10.1. The van der Waals surface area contributed by atoms with Crippen molar-refractivity contribution >= 4 is 34.2 Å². The Balaban J connectivity index is 2.38. The molecular formula is C8H13N4S2. The van der Waals surface area contributed by atoms with Crippen molar-refractivity contribution in [1.29, 1.82) is 5.41 Å². The Morgan fingerprint density at radius 3 is 3.21 bits per heavy atom. The zero-order chi connectivity index (χ0) is 10.4. The van der Waals surface area contributed by atoms with E-state index < -0.39 is 0 Å². The molecule has 0 spiro atoms. The van der Waals surface area contributed by atoms with Crippen molar-refractivity contribution in [2.45, 2.75) is 12.2 Å². The van der Waals surface area contributed by atoms with Crippen LogP contribution in [0.3, 0.4) is 0 Å². The third kappa shape index (κ3) is 3.97. The van der Waals surface area contributed by atoms with E-state index in [1.165, 1.54) is 11.3 Å². The highest BCUT2D eigenvalue weighted by Gasteiger charge is 2.01. The highest BCUT2D eigenvalue weighted by molar-refractivity contribution is 7.98. The van der Waals surface area contributed by atoms with Crippen molar-refractivity contribution in [3.8, 4) is 0 Å². The Hall–Kier alpha value is -0.750. The van der Waals surface area contributed by atoms with Crippen molar-refractivity contribution in [1.82, 2.24) is 4.98 Å². The van der Waals surface area contributed by atoms with Gasteiger partial charge in [0.2, 0.25) is 0 Å². The van der Waals surface area contributed by atoms with Gasteiger partial charge < -0.3 is 11.1 Å². The molecule has 6 heteroatoms. The topological polar surface area (TPSA) is 74.8 Å². The quantitative estimate of drug-likeness (QED) is 0.409. The van der Waals surface area contributed by atoms with Gasteiger partial charge in [-0.05, 0) is 12.2 Å². The lowest BCUT2D eigenvalue weighted by Crippen LogP contribution is -2.20. The van der Waals surface area contributed by atoms with E-state index in [-0.39, 0.29) is 5.96 Å². The number of thioether (sulfide) groups is 1. The highest BCUT2D eigenvalue weighted by Crippen LogP contribution is 2.19. The van der Waals surface area contributed by atoms with Crippen LogP contribution in [0.15, 0.2) is 5.38 Å². The predicted molar refractivity (Wildman–Crippen MR) is 63.8 cm³/mol. The highest BCUT2D eigenvalue weighted by atomic mass is 32.2. The smallest absolute Gasteiger partial charge is 0.192 e. The monoisotopic (exact) mass is 229 g/mol. The summed E-state index contributed by atoms with van der Waals surface area (Å²) in [5, 5.41) is 12.3. The van der Waals surface area contributed by atoms with Gasteiger partial charge in [0.1, 0.15) is 0 Å². The Bertz CT molecular complexity index is 297. The average Bonchev–Trinajstić information content (AvgIpc) is 2.52. The minimum Gasteiger partial charge on any atom is -0.370 e. The van der Waals surface area contributed by atoms with Gasteiger partial charge in [-0.25, -0.2) is 4.98 Å². The summed E-state index contributed by atoms with van der Waals surface area (Å²) in [5.41, 5.74) is 6.21. The molecule has 0 aliphatic rings. The second kappa shape index (κ2) is 5.87. The lowest BCUT2D eigenvalue weighted by molar-refractivity contribution is 1.20. The van der Waals surface area contributed by atoms with E-state index in [0.717, 1.165) is 23.6 Å². The maximum atomic E-state index is 7.03. The van der Waals surface area contributed by atoms with Gasteiger partial charge in [-0.2, -0.15) is 11.8 Å². The summed E-state index contributed by atoms with van der Waals surface area (Å²) in [6.07, 6.45) is 0.938. The third-order valence-electron chi connectivity index (χ3n) is 1.33. The van der Waals surface area contributed by atoms with Gasteiger partial charge in [0.05, 0.1) is 5.69 Å². The Morgan fingerprint density at radius 2 is 2.57 bits per heavy atom. The van der Waals surface area contributed by atoms with Crippen LogP contribution in [0.4, 0.5) is 5.13 Å². The lowest BCUT2D eigenvalue weighted by atomic mass is 10.6. The fourth-order valence-electron chi connectivity index (χ4n) is 0.825. The van der Waals surface area contributed by atoms with Gasteiger partial charge >= 0.3 is 0 Å². The molecule has 0 saturated carbocycles. The number of nitrogens with one attached hydrogen (secondary N) is 2. The maximum absolute atomic E-state index is 7.03. The first-order valence-electron chi connectivity index (χ1n) is 4.15. The zero-order valence-corrected chi connectivity index (χ0v) is 9.38. The van der Waals surface area contributed by atoms with E-state index in [0.29, 0.717) is 5.13 Å². The fourth-order valence-corrected chi connectivity index (χ4v) is 2.36. The van der Waals surface area contributed by atoms with Gasteiger partial charge in [0.15, 0.2) is 11.1 Å². The van der Waals surface area contributed by atoms with Crippen molar-refractivity contribution in [3.05, 3.63) is 18.0 Å². The van der Waals surface area contributed by atoms with Crippen LogP contribution in [0.25, 0.3) is 0 Å². The van der Waals surface area contributed by atoms with E-state index in [4.69, 9.17) is 11.1 Å². The summed E-state index contributed by atoms with van der Waals surface area (Å²) in [6, 6.07) is 0. The van der Waals surface area contributed by atoms with E-state index in [2.05, 4.69) is 17.2 Å². The summed E-state index contributed by atoms with van der Waals surface area (Å²) < 4.78 is 0. The lowest BCUT2D eigenvalue weighted by Gasteiger charge is -1.96. The van der Waals surface area contributed by atoms with E-state index in [1.807, 2.05) is 17.1 Å². The van der Waals surface area contributed by atoms with Gasteiger partial charge in [-0.3, -0.25) is 5.41 Å². The molecule has 0 aromatic carbocycles. The molecule has 0 fully saturated rings. The van der Waals surface area contributed by atoms with Crippen LogP contribution < -0.4 is 11.1 Å². The molecule has 0 aliphatic heterocycles. The summed E-state index contributed by atoms with van der Waals surface area (Å²) >= 11 is 3.27. The molecule has 1 radical (unpaired) electrons. The predicted octanol–water partition coefficient (Wildman–Crippen LogP) is 1.91. The number of aromatic nitrogens is 1. The Kier molecular flexibility index (Phi) is 4.75. The molecule has 0 amide bonds. The molecule has 1 heterocycles. The molecule has 0 aliphatic carbocycles. The second-order valence-corrected chi connectivity index (χ2v) is 4.55. The summed E-state index contributed by atoms with van der Waals surface area (Å²) in [5.74, 6) is 1.87. The number of nitrogens with two attached hydrogens (primary N) is 1. The molecule has 77 valence electrons. The number of rotatable bonds is 5. The zero-order valence-electron chi connectivity index (χ0n) is 7.75. The van der Waals surface area contributed by atoms with Crippen LogP contribution in [0.1, 0.15) is 12.1 Å². The van der Waals surface area contributed by atoms with Crippen molar-refractivity contribution in [2.75, 3.05) is 11.1 Å². The Morgan fingerprint density at radius 1 is 1.79 bits per heavy atom. The molecule has 0 saturated heterocycles. The molecule has 1 aromatic heterocycles. The van der Waals surface area contributed by atoms with Crippen LogP contribution in [0.2, 0.25) is 0 Å². The molecule has 0 unspecified atom stereocenters. The van der Waals surface area contributed by atoms with Crippen LogP contribution in [0, 0.1) is 12.3 Å². The van der Waals surface area contributed by atoms with Gasteiger partial charge in [-0.1, -0.05) is 6.92 Å². The minimum absolute atomic E-state index is 0.0729. The van der Waals surface area contributed by atoms with Gasteiger partial charge in [0, 0.05) is 11.1 Å². The second-order valence-electron chi connectivity index (χ2n) is 2.59. The van der Waals surface area contributed by atoms with E-state index in [1.54, 1.807) is 0 Å². The first-order chi connectivity index (χ1) is 6.72. The average molecular weight is 229 g/mol. The number of guanidine groups is 1. The molecule has 1 aromatic rings. The van der Waals surface area contributed by atoms with Crippen LogP contribution >= 0.6 is 23.1 Å².